The van der Waals surface area contributed by atoms with Crippen molar-refractivity contribution in [3.05, 3.63) is 71.5 Å². The molecular weight excluding hydrogens is 395 g/mol. The van der Waals surface area contributed by atoms with Crippen LogP contribution in [-0.2, 0) is 0 Å². The van der Waals surface area contributed by atoms with Crippen LogP contribution in [0, 0.1) is 17.2 Å². The lowest BCUT2D eigenvalue weighted by Gasteiger charge is -2.44. The molecule has 1 saturated carbocycles. The molecule has 1 fully saturated rings. The second-order valence-electron chi connectivity index (χ2n) is 9.40. The van der Waals surface area contributed by atoms with Gasteiger partial charge in [0.2, 0.25) is 0 Å². The predicted molar refractivity (Wildman–Crippen MR) is 122 cm³/mol. The van der Waals surface area contributed by atoms with Gasteiger partial charge in [-0.3, -0.25) is 14.7 Å². The van der Waals surface area contributed by atoms with Gasteiger partial charge >= 0.3 is 0 Å². The molecule has 5 heteroatoms. The van der Waals surface area contributed by atoms with E-state index >= 15 is 0 Å². The number of rotatable bonds is 2. The van der Waals surface area contributed by atoms with E-state index in [0.717, 1.165) is 31.2 Å². The molecule has 2 aromatic carbocycles. The Morgan fingerprint density at radius 2 is 1.67 bits per heavy atom. The monoisotopic (exact) mass is 422 g/mol. The lowest BCUT2D eigenvalue weighted by Crippen LogP contribution is -2.52. The summed E-state index contributed by atoms with van der Waals surface area (Å²) in [5.74, 6) is 0.0107. The van der Waals surface area contributed by atoms with Crippen LogP contribution >= 0.6 is 12.2 Å². The fraction of sp³-hybridized carbons (Fsp3) is 0.400. The number of benzene rings is 2. The Morgan fingerprint density at radius 3 is 2.23 bits per heavy atom. The predicted octanol–water partition coefficient (Wildman–Crippen LogP) is 6.03. The Morgan fingerprint density at radius 1 is 1.07 bits per heavy atom. The van der Waals surface area contributed by atoms with Gasteiger partial charge in [-0.2, -0.15) is 0 Å². The molecule has 1 amide bonds. The average Bonchev–Trinajstić information content (AvgIpc) is 3.00. The number of halogens is 1. The highest BCUT2D eigenvalue weighted by atomic mass is 32.1. The van der Waals surface area contributed by atoms with Crippen LogP contribution in [0.3, 0.4) is 0 Å². The lowest BCUT2D eigenvalue weighted by molar-refractivity contribution is 0.0502. The lowest BCUT2D eigenvalue weighted by atomic mass is 9.69. The molecule has 2 aliphatic rings. The van der Waals surface area contributed by atoms with Crippen LogP contribution in [0.1, 0.15) is 62.4 Å². The van der Waals surface area contributed by atoms with Crippen molar-refractivity contribution in [2.24, 2.45) is 16.3 Å². The minimum absolute atomic E-state index is 0.205. The van der Waals surface area contributed by atoms with Gasteiger partial charge in [0, 0.05) is 11.1 Å². The van der Waals surface area contributed by atoms with Crippen molar-refractivity contribution in [2.45, 2.75) is 52.1 Å². The number of hydrogen-bond donors (Lipinski definition) is 0. The molecule has 0 N–H and O–H groups in total. The quantitative estimate of drug-likeness (QED) is 0.554. The summed E-state index contributed by atoms with van der Waals surface area (Å²) in [6.07, 6.45) is 3.53. The molecule has 1 heterocycles. The molecule has 3 nitrogen and oxygen atoms in total. The third-order valence-corrected chi connectivity index (χ3v) is 6.87. The molecule has 1 aliphatic heterocycles. The van der Waals surface area contributed by atoms with E-state index < -0.39 is 5.66 Å². The van der Waals surface area contributed by atoms with Crippen molar-refractivity contribution in [2.75, 3.05) is 0 Å². The van der Waals surface area contributed by atoms with Crippen molar-refractivity contribution in [3.8, 4) is 0 Å². The maximum absolute atomic E-state index is 13.5. The first-order valence-electron chi connectivity index (χ1n) is 10.5. The van der Waals surface area contributed by atoms with E-state index in [1.54, 1.807) is 4.90 Å². The van der Waals surface area contributed by atoms with E-state index in [1.165, 1.54) is 24.3 Å². The molecule has 0 bridgehead atoms. The van der Waals surface area contributed by atoms with Crippen molar-refractivity contribution < 1.29 is 9.18 Å². The molecule has 0 aromatic heterocycles. The summed E-state index contributed by atoms with van der Waals surface area (Å²) in [6, 6.07) is 15.5. The van der Waals surface area contributed by atoms with Gasteiger partial charge < -0.3 is 0 Å². The van der Waals surface area contributed by atoms with Crippen molar-refractivity contribution in [1.29, 1.82) is 0 Å². The molecule has 0 atom stereocenters. The first kappa shape index (κ1) is 20.9. The third kappa shape index (κ3) is 3.71. The Kier molecular flexibility index (Phi) is 5.35. The summed E-state index contributed by atoms with van der Waals surface area (Å²) in [6.45, 7) is 6.82. The highest BCUT2D eigenvalue weighted by Gasteiger charge is 2.51. The van der Waals surface area contributed by atoms with E-state index in [9.17, 15) is 9.18 Å². The number of amides is 1. The molecule has 0 saturated heterocycles. The standard InChI is InChI=1S/C25H27FN2OS/c1-24(2,3)19-13-15-25(16-14-19)27-21(17-7-5-4-6-8-17)23(30)28(25)22(29)18-9-11-20(26)12-10-18/h4-12,19H,13-16H2,1-3H3. The molecule has 0 unspecified atom stereocenters. The molecule has 2 aromatic rings. The summed E-state index contributed by atoms with van der Waals surface area (Å²) >= 11 is 5.80. The Bertz CT molecular complexity index is 984. The highest BCUT2D eigenvalue weighted by Crippen LogP contribution is 2.47. The van der Waals surface area contributed by atoms with Gasteiger partial charge in [0.1, 0.15) is 22.2 Å². The third-order valence-electron chi connectivity index (χ3n) is 6.49. The van der Waals surface area contributed by atoms with Crippen LogP contribution in [-0.4, -0.2) is 27.2 Å². The summed E-state index contributed by atoms with van der Waals surface area (Å²) in [5.41, 5.74) is 1.62. The molecule has 1 spiro atoms. The van der Waals surface area contributed by atoms with Crippen LogP contribution in [0.25, 0.3) is 0 Å². The molecule has 0 radical (unpaired) electrons. The zero-order chi connectivity index (χ0) is 21.5. The molecule has 156 valence electrons. The molecule has 4 rings (SSSR count). The normalized spacial score (nSPS) is 24.3. The van der Waals surface area contributed by atoms with Crippen LogP contribution in [0.15, 0.2) is 59.6 Å². The topological polar surface area (TPSA) is 32.7 Å². The number of aliphatic imine (C=N–C) groups is 1. The van der Waals surface area contributed by atoms with E-state index in [1.807, 2.05) is 30.3 Å². The van der Waals surface area contributed by atoms with E-state index in [2.05, 4.69) is 20.8 Å². The van der Waals surface area contributed by atoms with Gasteiger partial charge in [-0.15, -0.1) is 0 Å². The zero-order valence-electron chi connectivity index (χ0n) is 17.7. The summed E-state index contributed by atoms with van der Waals surface area (Å²) < 4.78 is 13.4. The fourth-order valence-corrected chi connectivity index (χ4v) is 5.09. The van der Waals surface area contributed by atoms with Crippen molar-refractivity contribution in [1.82, 2.24) is 4.90 Å². The van der Waals surface area contributed by atoms with E-state index in [-0.39, 0.29) is 17.1 Å². The largest absolute Gasteiger partial charge is 0.271 e. The van der Waals surface area contributed by atoms with Gasteiger partial charge in [-0.25, -0.2) is 4.39 Å². The molecule has 30 heavy (non-hydrogen) atoms. The summed E-state index contributed by atoms with van der Waals surface area (Å²) in [4.78, 5) is 20.8. The second kappa shape index (κ2) is 7.69. The van der Waals surface area contributed by atoms with Crippen LogP contribution in [0.2, 0.25) is 0 Å². The molecular formula is C25H27FN2OS. The maximum Gasteiger partial charge on any atom is 0.260 e. The van der Waals surface area contributed by atoms with Crippen molar-refractivity contribution in [3.63, 3.8) is 0 Å². The first-order valence-corrected chi connectivity index (χ1v) is 10.9. The number of carbonyl (C=O) groups excluding carboxylic acids is 1. The average molecular weight is 423 g/mol. The second-order valence-corrected chi connectivity index (χ2v) is 9.79. The van der Waals surface area contributed by atoms with Gasteiger partial charge in [-0.05, 0) is 61.3 Å². The highest BCUT2D eigenvalue weighted by molar-refractivity contribution is 7.82. The van der Waals surface area contributed by atoms with Gasteiger partial charge in [0.25, 0.3) is 5.91 Å². The molecule has 1 aliphatic carbocycles. The first-order chi connectivity index (χ1) is 14.2. The van der Waals surface area contributed by atoms with Gasteiger partial charge in [0.15, 0.2) is 0 Å². The van der Waals surface area contributed by atoms with Gasteiger partial charge in [-0.1, -0.05) is 63.3 Å². The van der Waals surface area contributed by atoms with Crippen LogP contribution in [0.5, 0.6) is 0 Å². The van der Waals surface area contributed by atoms with Gasteiger partial charge in [0.05, 0.1) is 0 Å². The number of nitrogens with zero attached hydrogens (tertiary/aromatic N) is 2. The van der Waals surface area contributed by atoms with E-state index in [4.69, 9.17) is 17.2 Å². The Hall–Kier alpha value is -2.40. The Balaban J connectivity index is 1.73. The Labute approximate surface area is 183 Å². The fourth-order valence-electron chi connectivity index (χ4n) is 4.67. The number of hydrogen-bond acceptors (Lipinski definition) is 3. The van der Waals surface area contributed by atoms with Crippen LogP contribution in [0.4, 0.5) is 4.39 Å². The summed E-state index contributed by atoms with van der Waals surface area (Å²) in [7, 11) is 0. The van der Waals surface area contributed by atoms with Crippen LogP contribution < -0.4 is 0 Å². The number of carbonyl (C=O) groups is 1. The smallest absolute Gasteiger partial charge is 0.260 e. The van der Waals surface area contributed by atoms with E-state index in [0.29, 0.717) is 22.2 Å². The van der Waals surface area contributed by atoms with Crippen molar-refractivity contribution >= 4 is 28.8 Å². The minimum Gasteiger partial charge on any atom is -0.271 e. The summed E-state index contributed by atoms with van der Waals surface area (Å²) in [5, 5.41) is 0. The maximum atomic E-state index is 13.5. The SMILES string of the molecule is CC(C)(C)C1CCC2(CC1)N=C(c1ccccc1)C(=S)N2C(=O)c1ccc(F)cc1. The minimum atomic E-state index is -0.657. The zero-order valence-corrected chi connectivity index (χ0v) is 18.5. The number of thiocarbonyl (C=S) groups is 1.